The van der Waals surface area contributed by atoms with E-state index in [9.17, 15) is 5.11 Å². The highest BCUT2D eigenvalue weighted by Crippen LogP contribution is 2.40. The van der Waals surface area contributed by atoms with Gasteiger partial charge in [-0.05, 0) is 44.9 Å². The third-order valence-electron chi connectivity index (χ3n) is 4.95. The molecule has 3 aromatic rings. The third-order valence-corrected chi connectivity index (χ3v) is 4.95. The van der Waals surface area contributed by atoms with Crippen molar-refractivity contribution in [3.05, 3.63) is 54.2 Å². The molecule has 0 atom stereocenters. The van der Waals surface area contributed by atoms with Gasteiger partial charge >= 0.3 is 0 Å². The van der Waals surface area contributed by atoms with E-state index in [4.69, 9.17) is 9.84 Å². The van der Waals surface area contributed by atoms with Gasteiger partial charge in [0.1, 0.15) is 22.9 Å². The van der Waals surface area contributed by atoms with Crippen LogP contribution in [-0.2, 0) is 11.0 Å². The molecular formula is C23H29N5O2. The summed E-state index contributed by atoms with van der Waals surface area (Å²) >= 11 is 0. The molecule has 7 nitrogen and oxygen atoms in total. The molecule has 2 N–H and O–H groups in total. The van der Waals surface area contributed by atoms with E-state index in [-0.39, 0.29) is 5.41 Å². The zero-order valence-electron chi connectivity index (χ0n) is 18.2. The number of nitrogens with one attached hydrogen (secondary N) is 1. The molecule has 0 saturated heterocycles. The Morgan fingerprint density at radius 2 is 1.87 bits per heavy atom. The van der Waals surface area contributed by atoms with Gasteiger partial charge in [0.25, 0.3) is 0 Å². The van der Waals surface area contributed by atoms with Crippen molar-refractivity contribution in [2.75, 3.05) is 5.32 Å². The summed E-state index contributed by atoms with van der Waals surface area (Å²) in [6.45, 7) is 9.85. The SMILES string of the molecule is CC(C)(C)c1nn(C2CC2)cc1Oc1ccnc(Nc2ccc(C(C)(C)O)nc2)c1. The molecule has 0 aromatic carbocycles. The highest BCUT2D eigenvalue weighted by Gasteiger charge is 2.30. The van der Waals surface area contributed by atoms with Gasteiger partial charge in [-0.1, -0.05) is 20.8 Å². The van der Waals surface area contributed by atoms with Crippen LogP contribution in [0, 0.1) is 0 Å². The van der Waals surface area contributed by atoms with Crippen LogP contribution in [0.1, 0.15) is 64.9 Å². The number of aromatic nitrogens is 4. The van der Waals surface area contributed by atoms with Gasteiger partial charge in [0, 0.05) is 17.7 Å². The first-order valence-corrected chi connectivity index (χ1v) is 10.3. The van der Waals surface area contributed by atoms with Crippen LogP contribution in [0.2, 0.25) is 0 Å². The first kappa shape index (κ1) is 20.3. The molecule has 0 bridgehead atoms. The molecule has 30 heavy (non-hydrogen) atoms. The summed E-state index contributed by atoms with van der Waals surface area (Å²) < 4.78 is 8.26. The van der Waals surface area contributed by atoms with Gasteiger partial charge < -0.3 is 15.2 Å². The Hall–Kier alpha value is -2.93. The van der Waals surface area contributed by atoms with E-state index in [0.717, 1.165) is 17.1 Å². The molecule has 0 spiro atoms. The van der Waals surface area contributed by atoms with Crippen LogP contribution in [0.15, 0.2) is 42.9 Å². The fourth-order valence-electron chi connectivity index (χ4n) is 3.14. The smallest absolute Gasteiger partial charge is 0.169 e. The van der Waals surface area contributed by atoms with Crippen LogP contribution in [-0.4, -0.2) is 24.9 Å². The molecule has 3 aromatic heterocycles. The minimum absolute atomic E-state index is 0.114. The minimum Gasteiger partial charge on any atom is -0.454 e. The van der Waals surface area contributed by atoms with E-state index in [1.165, 1.54) is 12.8 Å². The summed E-state index contributed by atoms with van der Waals surface area (Å²) in [5.74, 6) is 2.12. The molecule has 4 rings (SSSR count). The first-order valence-electron chi connectivity index (χ1n) is 10.3. The van der Waals surface area contributed by atoms with Crippen molar-refractivity contribution in [3.63, 3.8) is 0 Å². The maximum Gasteiger partial charge on any atom is 0.169 e. The van der Waals surface area contributed by atoms with E-state index in [1.807, 2.05) is 29.1 Å². The predicted octanol–water partition coefficient (Wildman–Crippen LogP) is 5.07. The number of ether oxygens (including phenoxy) is 1. The number of rotatable bonds is 6. The molecule has 158 valence electrons. The third kappa shape index (κ3) is 4.62. The molecule has 3 heterocycles. The second kappa shape index (κ2) is 7.40. The zero-order valence-corrected chi connectivity index (χ0v) is 18.2. The predicted molar refractivity (Wildman–Crippen MR) is 116 cm³/mol. The maximum absolute atomic E-state index is 10.0. The van der Waals surface area contributed by atoms with Crippen molar-refractivity contribution in [3.8, 4) is 11.5 Å². The summed E-state index contributed by atoms with van der Waals surface area (Å²) in [6, 6.07) is 7.85. The highest BCUT2D eigenvalue weighted by molar-refractivity contribution is 5.56. The summed E-state index contributed by atoms with van der Waals surface area (Å²) in [7, 11) is 0. The Morgan fingerprint density at radius 3 is 2.47 bits per heavy atom. The Morgan fingerprint density at radius 1 is 1.10 bits per heavy atom. The fraction of sp³-hybridized carbons (Fsp3) is 0.435. The Balaban J connectivity index is 1.53. The lowest BCUT2D eigenvalue weighted by Crippen LogP contribution is -2.17. The summed E-state index contributed by atoms with van der Waals surface area (Å²) in [4.78, 5) is 8.69. The van der Waals surface area contributed by atoms with Crippen molar-refractivity contribution >= 4 is 11.5 Å². The monoisotopic (exact) mass is 407 g/mol. The van der Waals surface area contributed by atoms with Crippen LogP contribution in [0.3, 0.4) is 0 Å². The lowest BCUT2D eigenvalue weighted by atomic mass is 9.92. The molecule has 7 heteroatoms. The maximum atomic E-state index is 10.0. The van der Waals surface area contributed by atoms with Gasteiger partial charge in [-0.25, -0.2) is 4.98 Å². The van der Waals surface area contributed by atoms with Crippen LogP contribution in [0.25, 0.3) is 0 Å². The summed E-state index contributed by atoms with van der Waals surface area (Å²) in [5, 5.41) is 18.1. The first-order chi connectivity index (χ1) is 14.1. The Labute approximate surface area is 177 Å². The Bertz CT molecular complexity index is 1020. The molecule has 0 amide bonds. The van der Waals surface area contributed by atoms with Crippen LogP contribution in [0.4, 0.5) is 11.5 Å². The molecule has 0 aliphatic heterocycles. The quantitative estimate of drug-likeness (QED) is 0.593. The number of pyridine rings is 2. The molecule has 0 unspecified atom stereocenters. The van der Waals surface area contributed by atoms with Crippen molar-refractivity contribution < 1.29 is 9.84 Å². The molecular weight excluding hydrogens is 378 g/mol. The molecule has 1 fully saturated rings. The largest absolute Gasteiger partial charge is 0.454 e. The lowest BCUT2D eigenvalue weighted by Gasteiger charge is -2.17. The number of aliphatic hydroxyl groups is 1. The van der Waals surface area contributed by atoms with Crippen molar-refractivity contribution in [2.24, 2.45) is 0 Å². The molecule has 1 aliphatic rings. The lowest BCUT2D eigenvalue weighted by molar-refractivity contribution is 0.0739. The van der Waals surface area contributed by atoms with E-state index in [2.05, 4.69) is 36.1 Å². The average Bonchev–Trinajstić information content (AvgIpc) is 3.41. The summed E-state index contributed by atoms with van der Waals surface area (Å²) in [5.41, 5.74) is 1.26. The van der Waals surface area contributed by atoms with Crippen molar-refractivity contribution in [1.82, 2.24) is 19.7 Å². The number of nitrogens with zero attached hydrogens (tertiary/aromatic N) is 4. The van der Waals surface area contributed by atoms with Gasteiger partial charge in [0.15, 0.2) is 5.75 Å². The van der Waals surface area contributed by atoms with E-state index in [1.54, 1.807) is 32.3 Å². The molecule has 1 saturated carbocycles. The van der Waals surface area contributed by atoms with E-state index in [0.29, 0.717) is 23.3 Å². The van der Waals surface area contributed by atoms with E-state index >= 15 is 0 Å². The Kier molecular flexibility index (Phi) is 5.02. The van der Waals surface area contributed by atoms with Crippen LogP contribution >= 0.6 is 0 Å². The average molecular weight is 408 g/mol. The zero-order chi connectivity index (χ0) is 21.5. The van der Waals surface area contributed by atoms with Gasteiger partial charge in [-0.15, -0.1) is 0 Å². The van der Waals surface area contributed by atoms with Crippen molar-refractivity contribution in [2.45, 2.75) is 64.5 Å². The molecule has 1 aliphatic carbocycles. The number of hydrogen-bond donors (Lipinski definition) is 2. The molecule has 0 radical (unpaired) electrons. The van der Waals surface area contributed by atoms with Crippen LogP contribution in [0.5, 0.6) is 11.5 Å². The number of anilines is 2. The highest BCUT2D eigenvalue weighted by atomic mass is 16.5. The van der Waals surface area contributed by atoms with Gasteiger partial charge in [-0.3, -0.25) is 9.67 Å². The fourth-order valence-corrected chi connectivity index (χ4v) is 3.14. The van der Waals surface area contributed by atoms with Gasteiger partial charge in [0.2, 0.25) is 0 Å². The van der Waals surface area contributed by atoms with Gasteiger partial charge in [-0.2, -0.15) is 5.10 Å². The topological polar surface area (TPSA) is 85.1 Å². The minimum atomic E-state index is -0.972. The number of hydrogen-bond acceptors (Lipinski definition) is 6. The summed E-state index contributed by atoms with van der Waals surface area (Å²) in [6.07, 6.45) is 7.74. The standard InChI is InChI=1S/C23H29N5O2/c1-22(2,3)21-18(14-28(27-21)16-7-8-16)30-17-10-11-24-20(12-17)26-15-6-9-19(25-13-15)23(4,5)29/h6,9-14,16,29H,7-8H2,1-5H3,(H,24,26). The normalized spacial score (nSPS) is 14.6. The second-order valence-electron chi connectivity index (χ2n) is 9.40. The van der Waals surface area contributed by atoms with Gasteiger partial charge in [0.05, 0.1) is 29.8 Å². The van der Waals surface area contributed by atoms with E-state index < -0.39 is 5.60 Å². The van der Waals surface area contributed by atoms with Crippen LogP contribution < -0.4 is 10.1 Å². The van der Waals surface area contributed by atoms with Crippen molar-refractivity contribution in [1.29, 1.82) is 0 Å². The second-order valence-corrected chi connectivity index (χ2v) is 9.40.